The van der Waals surface area contributed by atoms with Gasteiger partial charge in [-0.05, 0) is 43.7 Å². The Kier molecular flexibility index (Phi) is 3.64. The number of aryl methyl sites for hydroxylation is 1. The molecule has 102 valence electrons. The standard InChI is InChI=1S/C16H15ClN2S/c1-10-7-8-13(12(17)9-10)18-11(2)16-19-14-5-3-4-6-15(14)20-16/h3-9,11,18H,1-2H3. The molecule has 0 aliphatic carbocycles. The number of rotatable bonds is 3. The van der Waals surface area contributed by atoms with Gasteiger partial charge in [-0.3, -0.25) is 0 Å². The van der Waals surface area contributed by atoms with Crippen LogP contribution in [0.15, 0.2) is 42.5 Å². The van der Waals surface area contributed by atoms with Crippen LogP contribution in [0, 0.1) is 6.92 Å². The van der Waals surface area contributed by atoms with Crippen LogP contribution in [0.3, 0.4) is 0 Å². The van der Waals surface area contributed by atoms with E-state index in [1.54, 1.807) is 11.3 Å². The molecule has 1 N–H and O–H groups in total. The van der Waals surface area contributed by atoms with Crippen LogP contribution in [-0.4, -0.2) is 4.98 Å². The lowest BCUT2D eigenvalue weighted by Gasteiger charge is -2.14. The molecular weight excluding hydrogens is 288 g/mol. The number of benzene rings is 2. The van der Waals surface area contributed by atoms with Gasteiger partial charge in [-0.25, -0.2) is 4.98 Å². The van der Waals surface area contributed by atoms with Gasteiger partial charge in [0.15, 0.2) is 0 Å². The van der Waals surface area contributed by atoms with Crippen LogP contribution in [0.1, 0.15) is 23.5 Å². The molecule has 0 amide bonds. The van der Waals surface area contributed by atoms with E-state index in [0.29, 0.717) is 0 Å². The topological polar surface area (TPSA) is 24.9 Å². The summed E-state index contributed by atoms with van der Waals surface area (Å²) in [6, 6.07) is 14.4. The van der Waals surface area contributed by atoms with Crippen LogP contribution >= 0.6 is 22.9 Å². The van der Waals surface area contributed by atoms with Crippen molar-refractivity contribution in [1.29, 1.82) is 0 Å². The summed E-state index contributed by atoms with van der Waals surface area (Å²) < 4.78 is 1.21. The van der Waals surface area contributed by atoms with Crippen molar-refractivity contribution in [3.05, 3.63) is 58.1 Å². The van der Waals surface area contributed by atoms with Gasteiger partial charge in [0.05, 0.1) is 27.0 Å². The Balaban J connectivity index is 1.86. The first-order valence-corrected chi connectivity index (χ1v) is 7.71. The van der Waals surface area contributed by atoms with Crippen molar-refractivity contribution < 1.29 is 0 Å². The van der Waals surface area contributed by atoms with E-state index >= 15 is 0 Å². The smallest absolute Gasteiger partial charge is 0.116 e. The number of anilines is 1. The SMILES string of the molecule is Cc1ccc(NC(C)c2nc3ccccc3s2)c(Cl)c1. The van der Waals surface area contributed by atoms with Gasteiger partial charge in [0.25, 0.3) is 0 Å². The second-order valence-corrected chi connectivity index (χ2v) is 6.34. The number of nitrogens with one attached hydrogen (secondary N) is 1. The molecule has 0 radical (unpaired) electrons. The summed E-state index contributed by atoms with van der Waals surface area (Å²) in [5, 5.41) is 5.25. The molecular formula is C16H15ClN2S. The number of aromatic nitrogens is 1. The van der Waals surface area contributed by atoms with Crippen molar-refractivity contribution in [3.63, 3.8) is 0 Å². The number of nitrogens with zero attached hydrogens (tertiary/aromatic N) is 1. The van der Waals surface area contributed by atoms with Gasteiger partial charge in [0.1, 0.15) is 5.01 Å². The van der Waals surface area contributed by atoms with Crippen LogP contribution in [0.25, 0.3) is 10.2 Å². The second kappa shape index (κ2) is 5.43. The van der Waals surface area contributed by atoms with Gasteiger partial charge in [-0.15, -0.1) is 11.3 Å². The number of hydrogen-bond acceptors (Lipinski definition) is 3. The maximum absolute atomic E-state index is 6.26. The third-order valence-corrected chi connectivity index (χ3v) is 4.71. The molecule has 2 nitrogen and oxygen atoms in total. The fourth-order valence-electron chi connectivity index (χ4n) is 2.11. The highest BCUT2D eigenvalue weighted by molar-refractivity contribution is 7.18. The lowest BCUT2D eigenvalue weighted by Crippen LogP contribution is -2.06. The van der Waals surface area contributed by atoms with E-state index in [0.717, 1.165) is 26.8 Å². The number of thiazole rings is 1. The van der Waals surface area contributed by atoms with E-state index in [2.05, 4.69) is 29.4 Å². The molecule has 0 bridgehead atoms. The summed E-state index contributed by atoms with van der Waals surface area (Å²) in [5.41, 5.74) is 3.16. The first-order valence-electron chi connectivity index (χ1n) is 6.51. The van der Waals surface area contributed by atoms with Crippen molar-refractivity contribution in [2.45, 2.75) is 19.9 Å². The molecule has 1 unspecified atom stereocenters. The minimum atomic E-state index is 0.132. The van der Waals surface area contributed by atoms with Gasteiger partial charge < -0.3 is 5.32 Å². The minimum absolute atomic E-state index is 0.132. The average Bonchev–Trinajstić information content (AvgIpc) is 2.86. The average molecular weight is 303 g/mol. The Labute approximate surface area is 127 Å². The molecule has 20 heavy (non-hydrogen) atoms. The van der Waals surface area contributed by atoms with Gasteiger partial charge in [-0.2, -0.15) is 0 Å². The van der Waals surface area contributed by atoms with Crippen LogP contribution in [0.2, 0.25) is 5.02 Å². The maximum Gasteiger partial charge on any atom is 0.116 e. The summed E-state index contributed by atoms with van der Waals surface area (Å²) in [7, 11) is 0. The quantitative estimate of drug-likeness (QED) is 0.697. The molecule has 0 saturated heterocycles. The van der Waals surface area contributed by atoms with Crippen LogP contribution < -0.4 is 5.32 Å². The van der Waals surface area contributed by atoms with E-state index in [1.165, 1.54) is 4.70 Å². The molecule has 0 fully saturated rings. The highest BCUT2D eigenvalue weighted by atomic mass is 35.5. The summed E-state index contributed by atoms with van der Waals surface area (Å²) in [5.74, 6) is 0. The molecule has 0 aliphatic heterocycles. The Bertz CT molecular complexity index is 718. The third-order valence-electron chi connectivity index (χ3n) is 3.18. The van der Waals surface area contributed by atoms with Crippen molar-refractivity contribution in [2.75, 3.05) is 5.32 Å². The van der Waals surface area contributed by atoms with E-state index in [1.807, 2.05) is 37.3 Å². The molecule has 1 heterocycles. The first kappa shape index (κ1) is 13.4. The maximum atomic E-state index is 6.26. The molecule has 0 aliphatic rings. The van der Waals surface area contributed by atoms with Crippen LogP contribution in [0.5, 0.6) is 0 Å². The van der Waals surface area contributed by atoms with Crippen LogP contribution in [-0.2, 0) is 0 Å². The zero-order valence-electron chi connectivity index (χ0n) is 11.4. The Morgan fingerprint density at radius 1 is 1.20 bits per heavy atom. The summed E-state index contributed by atoms with van der Waals surface area (Å²) in [6.07, 6.45) is 0. The molecule has 0 spiro atoms. The fraction of sp³-hybridized carbons (Fsp3) is 0.188. The van der Waals surface area contributed by atoms with Crippen molar-refractivity contribution in [3.8, 4) is 0 Å². The number of fused-ring (bicyclic) bond motifs is 1. The fourth-order valence-corrected chi connectivity index (χ4v) is 3.37. The van der Waals surface area contributed by atoms with Gasteiger partial charge in [0.2, 0.25) is 0 Å². The molecule has 1 atom stereocenters. The molecule has 1 aromatic heterocycles. The lowest BCUT2D eigenvalue weighted by atomic mass is 10.2. The highest BCUT2D eigenvalue weighted by Gasteiger charge is 2.12. The Morgan fingerprint density at radius 3 is 2.75 bits per heavy atom. The van der Waals surface area contributed by atoms with Gasteiger partial charge in [0, 0.05) is 0 Å². The van der Waals surface area contributed by atoms with E-state index in [-0.39, 0.29) is 6.04 Å². The predicted molar refractivity (Wildman–Crippen MR) is 87.8 cm³/mol. The van der Waals surface area contributed by atoms with Crippen molar-refractivity contribution >= 4 is 38.8 Å². The van der Waals surface area contributed by atoms with Crippen molar-refractivity contribution in [1.82, 2.24) is 4.98 Å². The van der Waals surface area contributed by atoms with Gasteiger partial charge >= 0.3 is 0 Å². The first-order chi connectivity index (χ1) is 9.63. The summed E-state index contributed by atoms with van der Waals surface area (Å²) >= 11 is 7.98. The Hall–Kier alpha value is -1.58. The molecule has 2 aromatic carbocycles. The number of para-hydroxylation sites is 1. The monoisotopic (exact) mass is 302 g/mol. The third kappa shape index (κ3) is 2.65. The number of hydrogen-bond donors (Lipinski definition) is 1. The summed E-state index contributed by atoms with van der Waals surface area (Å²) in [4.78, 5) is 4.67. The second-order valence-electron chi connectivity index (χ2n) is 4.87. The van der Waals surface area contributed by atoms with E-state index < -0.39 is 0 Å². The predicted octanol–water partition coefficient (Wildman–Crippen LogP) is 5.43. The van der Waals surface area contributed by atoms with Gasteiger partial charge in [-0.1, -0.05) is 29.8 Å². The number of halogens is 1. The largest absolute Gasteiger partial charge is 0.375 e. The zero-order valence-corrected chi connectivity index (χ0v) is 12.9. The zero-order chi connectivity index (χ0) is 14.1. The van der Waals surface area contributed by atoms with E-state index in [4.69, 9.17) is 11.6 Å². The normalized spacial score (nSPS) is 12.6. The van der Waals surface area contributed by atoms with E-state index in [9.17, 15) is 0 Å². The Morgan fingerprint density at radius 2 is 2.00 bits per heavy atom. The summed E-state index contributed by atoms with van der Waals surface area (Å²) in [6.45, 7) is 4.14. The highest BCUT2D eigenvalue weighted by Crippen LogP contribution is 2.30. The lowest BCUT2D eigenvalue weighted by molar-refractivity contribution is 0.874. The molecule has 3 aromatic rings. The molecule has 3 rings (SSSR count). The van der Waals surface area contributed by atoms with Crippen LogP contribution in [0.4, 0.5) is 5.69 Å². The molecule has 0 saturated carbocycles. The van der Waals surface area contributed by atoms with Crippen molar-refractivity contribution in [2.24, 2.45) is 0 Å². The minimum Gasteiger partial charge on any atom is -0.375 e. The molecule has 4 heteroatoms.